The average Bonchev–Trinajstić information content (AvgIpc) is 2.84. The van der Waals surface area contributed by atoms with Crippen molar-refractivity contribution in [2.75, 3.05) is 5.75 Å². The minimum absolute atomic E-state index is 0.276. The number of aliphatic hydroxyl groups is 2. The number of allylic oxidation sites excluding steroid dienone is 3. The highest BCUT2D eigenvalue weighted by Crippen LogP contribution is 2.13. The zero-order valence-corrected chi connectivity index (χ0v) is 24.3. The number of unbranched alkanes of at least 4 members (excludes halogenated alkanes) is 14. The maximum Gasteiger partial charge on any atom is 0.267 e. The molecule has 3 unspecified atom stereocenters. The summed E-state index contributed by atoms with van der Waals surface area (Å²) in [7, 11) is -4.43. The van der Waals surface area contributed by atoms with E-state index in [4.69, 9.17) is 0 Å². The quantitative estimate of drug-likeness (QED) is 0.0610. The van der Waals surface area contributed by atoms with Crippen LogP contribution in [-0.2, 0) is 14.9 Å². The van der Waals surface area contributed by atoms with Crippen molar-refractivity contribution in [1.29, 1.82) is 0 Å². The van der Waals surface area contributed by atoms with Gasteiger partial charge in [-0.2, -0.15) is 8.42 Å². The summed E-state index contributed by atoms with van der Waals surface area (Å²) >= 11 is 0. The van der Waals surface area contributed by atoms with Crippen LogP contribution in [0.1, 0.15) is 129 Å². The summed E-state index contributed by atoms with van der Waals surface area (Å²) in [5.74, 6) is -1.56. The monoisotopic (exact) mass is 545 g/mol. The molecule has 0 rings (SSSR count). The summed E-state index contributed by atoms with van der Waals surface area (Å²) in [6.45, 7) is 4.36. The summed E-state index contributed by atoms with van der Waals surface area (Å²) in [6, 6.07) is -1.24. The van der Waals surface area contributed by atoms with Gasteiger partial charge >= 0.3 is 0 Å². The molecule has 0 aliphatic rings. The number of hydrogen-bond acceptors (Lipinski definition) is 5. The van der Waals surface area contributed by atoms with Gasteiger partial charge in [0.2, 0.25) is 5.91 Å². The molecule has 37 heavy (non-hydrogen) atoms. The van der Waals surface area contributed by atoms with Crippen LogP contribution in [0.5, 0.6) is 0 Å². The molecule has 0 heterocycles. The van der Waals surface area contributed by atoms with Gasteiger partial charge in [-0.3, -0.25) is 9.35 Å². The number of aliphatic hydroxyl groups excluding tert-OH is 2. The molecule has 1 amide bonds. The van der Waals surface area contributed by atoms with E-state index in [0.29, 0.717) is 12.8 Å². The Labute approximate surface area is 227 Å². The van der Waals surface area contributed by atoms with E-state index < -0.39 is 40.0 Å². The van der Waals surface area contributed by atoms with Crippen molar-refractivity contribution in [2.45, 2.75) is 148 Å². The fourth-order valence-electron chi connectivity index (χ4n) is 4.16. The predicted molar refractivity (Wildman–Crippen MR) is 153 cm³/mol. The highest BCUT2D eigenvalue weighted by molar-refractivity contribution is 7.85. The van der Waals surface area contributed by atoms with E-state index in [1.807, 2.05) is 0 Å². The minimum atomic E-state index is -4.43. The van der Waals surface area contributed by atoms with Gasteiger partial charge in [-0.1, -0.05) is 128 Å². The second kappa shape index (κ2) is 23.9. The number of hydrogen-bond donors (Lipinski definition) is 4. The van der Waals surface area contributed by atoms with Crippen molar-refractivity contribution < 1.29 is 28.0 Å². The Morgan fingerprint density at radius 2 is 1.22 bits per heavy atom. The van der Waals surface area contributed by atoms with Crippen molar-refractivity contribution in [3.05, 3.63) is 24.3 Å². The first-order valence-corrected chi connectivity index (χ1v) is 16.3. The Balaban J connectivity index is 4.27. The van der Waals surface area contributed by atoms with Crippen LogP contribution in [0.15, 0.2) is 24.3 Å². The van der Waals surface area contributed by atoms with Gasteiger partial charge in [0.05, 0.1) is 17.9 Å². The lowest BCUT2D eigenvalue weighted by Gasteiger charge is -2.22. The van der Waals surface area contributed by atoms with Crippen LogP contribution < -0.4 is 5.32 Å². The first-order valence-electron chi connectivity index (χ1n) is 14.6. The van der Waals surface area contributed by atoms with E-state index >= 15 is 0 Å². The summed E-state index contributed by atoms with van der Waals surface area (Å²) in [5, 5.41) is 23.0. The normalized spacial score (nSPS) is 14.8. The maximum atomic E-state index is 12.4. The lowest BCUT2D eigenvalue weighted by Crippen LogP contribution is -2.50. The Morgan fingerprint density at radius 3 is 1.76 bits per heavy atom. The van der Waals surface area contributed by atoms with E-state index in [1.54, 1.807) is 6.08 Å². The van der Waals surface area contributed by atoms with Crippen LogP contribution in [0.3, 0.4) is 0 Å². The molecule has 0 saturated heterocycles. The lowest BCUT2D eigenvalue weighted by atomic mass is 10.0. The highest BCUT2D eigenvalue weighted by Gasteiger charge is 2.27. The minimum Gasteiger partial charge on any atom is -0.387 e. The molecule has 3 atom stereocenters. The third kappa shape index (κ3) is 23.6. The van der Waals surface area contributed by atoms with E-state index in [2.05, 4.69) is 31.3 Å². The van der Waals surface area contributed by atoms with Crippen LogP contribution >= 0.6 is 0 Å². The molecule has 0 aromatic rings. The second-order valence-electron chi connectivity index (χ2n) is 10.2. The molecule has 0 aromatic heterocycles. The fourth-order valence-corrected chi connectivity index (χ4v) is 4.90. The van der Waals surface area contributed by atoms with E-state index in [0.717, 1.165) is 44.9 Å². The number of carbonyl (C=O) groups excluding carboxylic acids is 1. The number of nitrogens with one attached hydrogen (secondary N) is 1. The Kier molecular flexibility index (Phi) is 23.1. The summed E-state index contributed by atoms with van der Waals surface area (Å²) < 4.78 is 32.0. The molecule has 4 N–H and O–H groups in total. The molecule has 0 fully saturated rings. The summed E-state index contributed by atoms with van der Waals surface area (Å²) in [4.78, 5) is 12.4. The van der Waals surface area contributed by atoms with Crippen LogP contribution in [-0.4, -0.2) is 53.1 Å². The molecule has 0 spiro atoms. The maximum absolute atomic E-state index is 12.4. The SMILES string of the molecule is CCCC/C=C/CC/C=C/C(O)C(CS(=O)(=O)O)NC(=O)C(O)CCCCCCCCCCCCCC. The van der Waals surface area contributed by atoms with E-state index in [9.17, 15) is 28.0 Å². The number of rotatable bonds is 25. The molecule has 0 aliphatic heterocycles. The molecular weight excluding hydrogens is 490 g/mol. The van der Waals surface area contributed by atoms with Crippen molar-refractivity contribution in [3.63, 3.8) is 0 Å². The largest absolute Gasteiger partial charge is 0.387 e. The zero-order valence-electron chi connectivity index (χ0n) is 23.5. The highest BCUT2D eigenvalue weighted by atomic mass is 32.2. The molecule has 0 bridgehead atoms. The molecule has 0 radical (unpaired) electrons. The van der Waals surface area contributed by atoms with Gasteiger partial charge in [0, 0.05) is 0 Å². The standard InChI is InChI=1S/C29H55NO6S/c1-3-5-7-9-11-13-14-15-16-18-20-22-24-28(32)29(33)30-26(25-37(34,35)36)27(31)23-21-19-17-12-10-8-6-4-2/h10,12,21,23,26-28,31-32H,3-9,11,13-20,22,24-25H2,1-2H3,(H,30,33)(H,34,35,36)/b12-10+,23-21+. The lowest BCUT2D eigenvalue weighted by molar-refractivity contribution is -0.130. The first kappa shape index (κ1) is 35.8. The third-order valence-corrected chi connectivity index (χ3v) is 7.27. The van der Waals surface area contributed by atoms with Crippen LogP contribution in [0.4, 0.5) is 0 Å². The Hall–Kier alpha value is -1.22. The molecule has 0 aromatic carbocycles. The molecule has 7 nitrogen and oxygen atoms in total. The number of carbonyl (C=O) groups is 1. The van der Waals surface area contributed by atoms with Crippen molar-refractivity contribution >= 4 is 16.0 Å². The van der Waals surface area contributed by atoms with Crippen molar-refractivity contribution in [2.24, 2.45) is 0 Å². The van der Waals surface area contributed by atoms with Gasteiger partial charge in [-0.25, -0.2) is 0 Å². The van der Waals surface area contributed by atoms with Gasteiger partial charge < -0.3 is 15.5 Å². The second-order valence-corrected chi connectivity index (χ2v) is 11.7. The van der Waals surface area contributed by atoms with Crippen molar-refractivity contribution in [3.8, 4) is 0 Å². The molecule has 0 aliphatic carbocycles. The predicted octanol–water partition coefficient (Wildman–Crippen LogP) is 6.25. The number of amides is 1. The van der Waals surface area contributed by atoms with Gasteiger partial charge in [-0.15, -0.1) is 0 Å². The summed E-state index contributed by atoms with van der Waals surface area (Å²) in [5.41, 5.74) is 0. The fraction of sp³-hybridized carbons (Fsp3) is 0.828. The van der Waals surface area contributed by atoms with Crippen LogP contribution in [0, 0.1) is 0 Å². The van der Waals surface area contributed by atoms with Crippen LogP contribution in [0.2, 0.25) is 0 Å². The van der Waals surface area contributed by atoms with Gasteiger partial charge in [-0.05, 0) is 25.7 Å². The van der Waals surface area contributed by atoms with Gasteiger partial charge in [0.25, 0.3) is 10.1 Å². The van der Waals surface area contributed by atoms with E-state index in [1.165, 1.54) is 57.4 Å². The first-order chi connectivity index (χ1) is 17.7. The smallest absolute Gasteiger partial charge is 0.267 e. The van der Waals surface area contributed by atoms with E-state index in [-0.39, 0.29) is 6.42 Å². The molecule has 218 valence electrons. The molecule has 8 heteroatoms. The Bertz CT molecular complexity index is 707. The topological polar surface area (TPSA) is 124 Å². The van der Waals surface area contributed by atoms with Crippen LogP contribution in [0.25, 0.3) is 0 Å². The van der Waals surface area contributed by atoms with Gasteiger partial charge in [0.1, 0.15) is 6.10 Å². The zero-order chi connectivity index (χ0) is 27.8. The summed E-state index contributed by atoms with van der Waals surface area (Å²) in [6.07, 6.45) is 24.0. The third-order valence-electron chi connectivity index (χ3n) is 6.49. The molecular formula is C29H55NO6S. The van der Waals surface area contributed by atoms with Gasteiger partial charge in [0.15, 0.2) is 0 Å². The van der Waals surface area contributed by atoms with Crippen molar-refractivity contribution in [1.82, 2.24) is 5.32 Å². The molecule has 0 saturated carbocycles. The Morgan fingerprint density at radius 1 is 0.730 bits per heavy atom. The average molecular weight is 546 g/mol.